The zero-order valence-corrected chi connectivity index (χ0v) is 19.9. The third-order valence-electron chi connectivity index (χ3n) is 7.08. The summed E-state index contributed by atoms with van der Waals surface area (Å²) in [5, 5.41) is 1.82. The molecule has 0 atom stereocenters. The quantitative estimate of drug-likeness (QED) is 0.166. The molecule has 1 aliphatic heterocycles. The molecule has 3 aromatic rings. The highest BCUT2D eigenvalue weighted by molar-refractivity contribution is 6.03. The van der Waals surface area contributed by atoms with Crippen LogP contribution in [0.2, 0.25) is 0 Å². The van der Waals surface area contributed by atoms with E-state index in [0.717, 1.165) is 16.0 Å². The maximum absolute atomic E-state index is 14.1. The Hall–Kier alpha value is -3.62. The maximum Gasteiger partial charge on any atom is 0.326 e. The molecule has 0 saturated heterocycles. The Morgan fingerprint density at radius 1 is 0.784 bits per heavy atom. The van der Waals surface area contributed by atoms with Gasteiger partial charge in [0.1, 0.15) is 18.0 Å². The SMILES string of the molecule is O=C(Nc1c(F)c(F)c(F)c(F)c1F)N1CCOc2cc(-c3ccc(C4CCCCCC4)cc3)ccc21. The predicted molar refractivity (Wildman–Crippen MR) is 130 cm³/mol. The van der Waals surface area contributed by atoms with Crippen molar-refractivity contribution in [2.24, 2.45) is 0 Å². The Bertz CT molecular complexity index is 1290. The van der Waals surface area contributed by atoms with E-state index in [1.54, 1.807) is 18.2 Å². The minimum Gasteiger partial charge on any atom is -0.490 e. The number of fused-ring (bicyclic) bond motifs is 1. The third kappa shape index (κ3) is 4.86. The molecule has 0 radical (unpaired) electrons. The highest BCUT2D eigenvalue weighted by atomic mass is 19.2. The number of anilines is 2. The van der Waals surface area contributed by atoms with E-state index in [1.165, 1.54) is 44.1 Å². The van der Waals surface area contributed by atoms with Crippen LogP contribution in [0.1, 0.15) is 50.0 Å². The van der Waals surface area contributed by atoms with Gasteiger partial charge in [-0.15, -0.1) is 0 Å². The molecular formula is C28H25F5N2O2. The van der Waals surface area contributed by atoms with E-state index in [-0.39, 0.29) is 13.2 Å². The van der Waals surface area contributed by atoms with Gasteiger partial charge in [0.15, 0.2) is 23.3 Å². The molecule has 1 saturated carbocycles. The van der Waals surface area contributed by atoms with Gasteiger partial charge in [0.2, 0.25) is 5.82 Å². The van der Waals surface area contributed by atoms with Gasteiger partial charge in [-0.05, 0) is 47.6 Å². The third-order valence-corrected chi connectivity index (χ3v) is 7.08. The van der Waals surface area contributed by atoms with Crippen molar-refractivity contribution >= 4 is 17.4 Å². The molecule has 9 heteroatoms. The number of amides is 2. The molecule has 4 nitrogen and oxygen atoms in total. The minimum absolute atomic E-state index is 0.0175. The molecule has 5 rings (SSSR count). The summed E-state index contributed by atoms with van der Waals surface area (Å²) in [6.07, 6.45) is 7.50. The van der Waals surface area contributed by atoms with Gasteiger partial charge in [-0.25, -0.2) is 26.7 Å². The van der Waals surface area contributed by atoms with Gasteiger partial charge in [-0.1, -0.05) is 56.0 Å². The van der Waals surface area contributed by atoms with Crippen LogP contribution in [-0.4, -0.2) is 19.2 Å². The molecule has 1 N–H and O–H groups in total. The Morgan fingerprint density at radius 3 is 2.03 bits per heavy atom. The van der Waals surface area contributed by atoms with Gasteiger partial charge in [0, 0.05) is 0 Å². The number of carbonyl (C=O) groups excluding carboxylic acids is 1. The van der Waals surface area contributed by atoms with Gasteiger partial charge in [-0.2, -0.15) is 0 Å². The Kier molecular flexibility index (Phi) is 7.04. The van der Waals surface area contributed by atoms with E-state index < -0.39 is 40.8 Å². The summed E-state index contributed by atoms with van der Waals surface area (Å²) >= 11 is 0. The van der Waals surface area contributed by atoms with Crippen LogP contribution in [0.15, 0.2) is 42.5 Å². The van der Waals surface area contributed by atoms with E-state index in [1.807, 2.05) is 5.32 Å². The summed E-state index contributed by atoms with van der Waals surface area (Å²) in [6, 6.07) is 12.5. The standard InChI is InChI=1S/C28H25F5N2O2/c29-22-23(30)25(32)27(26(33)24(22)31)34-28(36)35-13-14-37-21-15-19(11-12-20(21)35)18-9-7-17(8-10-18)16-5-3-1-2-4-6-16/h7-12,15-16H,1-6,13-14H2,(H,34,36). The number of carbonyl (C=O) groups is 1. The van der Waals surface area contributed by atoms with E-state index in [9.17, 15) is 26.7 Å². The van der Waals surface area contributed by atoms with Gasteiger partial charge < -0.3 is 10.1 Å². The van der Waals surface area contributed by atoms with Crippen molar-refractivity contribution in [1.29, 1.82) is 0 Å². The Morgan fingerprint density at radius 2 is 1.38 bits per heavy atom. The zero-order chi connectivity index (χ0) is 26.1. The second-order valence-electron chi connectivity index (χ2n) is 9.37. The van der Waals surface area contributed by atoms with E-state index in [4.69, 9.17) is 4.74 Å². The minimum atomic E-state index is -2.29. The molecular weight excluding hydrogens is 491 g/mol. The molecule has 0 bridgehead atoms. The average Bonchev–Trinajstić information content (AvgIpc) is 3.22. The van der Waals surface area contributed by atoms with Crippen LogP contribution in [0.3, 0.4) is 0 Å². The highest BCUT2D eigenvalue weighted by Gasteiger charge is 2.30. The lowest BCUT2D eigenvalue weighted by Gasteiger charge is -2.30. The van der Waals surface area contributed by atoms with Crippen LogP contribution in [0.4, 0.5) is 38.1 Å². The number of rotatable bonds is 3. The number of nitrogens with zero attached hydrogens (tertiary/aromatic N) is 1. The summed E-state index contributed by atoms with van der Waals surface area (Å²) in [5.41, 5.74) is 2.06. The molecule has 37 heavy (non-hydrogen) atoms. The second-order valence-corrected chi connectivity index (χ2v) is 9.37. The van der Waals surface area contributed by atoms with Crippen molar-refractivity contribution in [1.82, 2.24) is 0 Å². The Labute approximate surface area is 211 Å². The average molecular weight is 517 g/mol. The first-order valence-electron chi connectivity index (χ1n) is 12.3. The van der Waals surface area contributed by atoms with Crippen LogP contribution in [-0.2, 0) is 0 Å². The molecule has 2 aliphatic rings. The fourth-order valence-electron chi connectivity index (χ4n) is 5.06. The molecule has 0 unspecified atom stereocenters. The van der Waals surface area contributed by atoms with E-state index >= 15 is 0 Å². The lowest BCUT2D eigenvalue weighted by atomic mass is 9.90. The molecule has 2 amide bonds. The number of nitrogens with one attached hydrogen (secondary N) is 1. The van der Waals surface area contributed by atoms with E-state index in [2.05, 4.69) is 24.3 Å². The van der Waals surface area contributed by atoms with Crippen LogP contribution in [0.25, 0.3) is 11.1 Å². The largest absolute Gasteiger partial charge is 0.490 e. The number of urea groups is 1. The fourth-order valence-corrected chi connectivity index (χ4v) is 5.06. The lowest BCUT2D eigenvalue weighted by molar-refractivity contribution is 0.250. The molecule has 0 aromatic heterocycles. The van der Waals surface area contributed by atoms with Crippen molar-refractivity contribution in [2.45, 2.75) is 44.4 Å². The monoisotopic (exact) mass is 516 g/mol. The van der Waals surface area contributed by atoms with Gasteiger partial charge >= 0.3 is 6.03 Å². The van der Waals surface area contributed by atoms with Crippen molar-refractivity contribution in [3.05, 3.63) is 77.1 Å². The summed E-state index contributed by atoms with van der Waals surface area (Å²) < 4.78 is 74.2. The molecule has 1 aliphatic carbocycles. The van der Waals surface area contributed by atoms with Crippen molar-refractivity contribution in [2.75, 3.05) is 23.4 Å². The molecule has 194 valence electrons. The van der Waals surface area contributed by atoms with Crippen LogP contribution >= 0.6 is 0 Å². The van der Waals surface area contributed by atoms with Gasteiger partial charge in [-0.3, -0.25) is 4.90 Å². The van der Waals surface area contributed by atoms with Crippen LogP contribution in [0, 0.1) is 29.1 Å². The zero-order valence-electron chi connectivity index (χ0n) is 19.9. The summed E-state index contributed by atoms with van der Waals surface area (Å²) in [5.74, 6) is -9.84. The number of ether oxygens (including phenoxy) is 1. The molecule has 1 fully saturated rings. The first-order valence-corrected chi connectivity index (χ1v) is 12.3. The van der Waals surface area contributed by atoms with Gasteiger partial charge in [0.05, 0.1) is 12.2 Å². The fraction of sp³-hybridized carbons (Fsp3) is 0.321. The topological polar surface area (TPSA) is 41.6 Å². The molecule has 0 spiro atoms. The first-order chi connectivity index (χ1) is 17.8. The lowest BCUT2D eigenvalue weighted by Crippen LogP contribution is -2.41. The van der Waals surface area contributed by atoms with Crippen molar-refractivity contribution in [3.8, 4) is 16.9 Å². The number of benzene rings is 3. The number of halogens is 5. The van der Waals surface area contributed by atoms with E-state index in [0.29, 0.717) is 17.4 Å². The summed E-state index contributed by atoms with van der Waals surface area (Å²) in [4.78, 5) is 13.9. The Balaban J connectivity index is 1.36. The van der Waals surface area contributed by atoms with Crippen LogP contribution < -0.4 is 15.0 Å². The second kappa shape index (κ2) is 10.4. The van der Waals surface area contributed by atoms with Crippen molar-refractivity contribution in [3.63, 3.8) is 0 Å². The summed E-state index contributed by atoms with van der Waals surface area (Å²) in [6.45, 7) is 0.102. The van der Waals surface area contributed by atoms with Crippen molar-refractivity contribution < 1.29 is 31.5 Å². The smallest absolute Gasteiger partial charge is 0.326 e. The predicted octanol–water partition coefficient (Wildman–Crippen LogP) is 7.92. The normalized spacial score (nSPS) is 16.1. The number of hydrogen-bond donors (Lipinski definition) is 1. The number of hydrogen-bond acceptors (Lipinski definition) is 2. The summed E-state index contributed by atoms with van der Waals surface area (Å²) in [7, 11) is 0. The molecule has 3 aromatic carbocycles. The maximum atomic E-state index is 14.1. The highest BCUT2D eigenvalue weighted by Crippen LogP contribution is 2.38. The molecule has 1 heterocycles. The van der Waals surface area contributed by atoms with Gasteiger partial charge in [0.25, 0.3) is 0 Å². The van der Waals surface area contributed by atoms with Crippen LogP contribution in [0.5, 0.6) is 5.75 Å². The first kappa shape index (κ1) is 25.0.